The summed E-state index contributed by atoms with van der Waals surface area (Å²) in [6.45, 7) is 0. The highest BCUT2D eigenvalue weighted by molar-refractivity contribution is 7.07. The van der Waals surface area contributed by atoms with Gasteiger partial charge in [-0.15, -0.1) is 16.4 Å². The van der Waals surface area contributed by atoms with Gasteiger partial charge < -0.3 is 0 Å². The molecule has 0 bridgehead atoms. The first-order chi connectivity index (χ1) is 9.77. The number of nitrogens with one attached hydrogen (secondary N) is 1. The Morgan fingerprint density at radius 3 is 2.80 bits per heavy atom. The smallest absolute Gasteiger partial charge is 0.268 e. The lowest BCUT2D eigenvalue weighted by Gasteiger charge is -2.16. The highest BCUT2D eigenvalue weighted by Gasteiger charge is 2.26. The lowest BCUT2D eigenvalue weighted by atomic mass is 10.2. The minimum atomic E-state index is -0.603. The summed E-state index contributed by atoms with van der Waals surface area (Å²) in [6, 6.07) is 5.74. The van der Waals surface area contributed by atoms with Crippen LogP contribution in [0.5, 0.6) is 0 Å². The van der Waals surface area contributed by atoms with Crippen molar-refractivity contribution in [1.82, 2.24) is 20.2 Å². The average molecular weight is 289 g/mol. The first-order valence-electron chi connectivity index (χ1n) is 5.60. The number of benzene rings is 1. The van der Waals surface area contributed by atoms with Crippen molar-refractivity contribution in [2.45, 2.75) is 0 Å². The molecule has 2 aromatic heterocycles. The summed E-state index contributed by atoms with van der Waals surface area (Å²) in [5, 5.41) is 8.04. The van der Waals surface area contributed by atoms with Crippen LogP contribution < -0.4 is 4.90 Å². The first kappa shape index (κ1) is 12.4. The minimum Gasteiger partial charge on any atom is -0.268 e. The van der Waals surface area contributed by atoms with Gasteiger partial charge in [0.05, 0.1) is 11.1 Å². The van der Waals surface area contributed by atoms with Crippen LogP contribution in [0.4, 0.5) is 16.2 Å². The third-order valence-electron chi connectivity index (χ3n) is 2.56. The lowest BCUT2D eigenvalue weighted by molar-refractivity contribution is 0.0993. The van der Waals surface area contributed by atoms with Gasteiger partial charge in [0.15, 0.2) is 5.82 Å². The molecule has 3 rings (SSSR count). The van der Waals surface area contributed by atoms with Crippen LogP contribution in [0.15, 0.2) is 41.5 Å². The Labute approximate surface area is 116 Å². The van der Waals surface area contributed by atoms with Gasteiger partial charge in [-0.3, -0.25) is 9.89 Å². The molecule has 100 valence electrons. The molecule has 1 amide bonds. The number of amides is 1. The number of thiazole rings is 1. The van der Waals surface area contributed by atoms with Gasteiger partial charge in [0.2, 0.25) is 0 Å². The summed E-state index contributed by atoms with van der Waals surface area (Å²) >= 11 is 1.32. The van der Waals surface area contributed by atoms with Gasteiger partial charge in [0.25, 0.3) is 11.9 Å². The Morgan fingerprint density at radius 1 is 1.30 bits per heavy atom. The zero-order valence-electron chi connectivity index (χ0n) is 10.0. The Kier molecular flexibility index (Phi) is 3.21. The first-order valence-corrected chi connectivity index (χ1v) is 6.54. The highest BCUT2D eigenvalue weighted by Crippen LogP contribution is 2.24. The molecular formula is C12H8FN5OS. The van der Waals surface area contributed by atoms with Crippen molar-refractivity contribution in [3.8, 4) is 0 Å². The Balaban J connectivity index is 2.07. The predicted octanol–water partition coefficient (Wildman–Crippen LogP) is 2.38. The SMILES string of the molecule is O=C(c1ccccc1F)N(c1cscn1)c1nc[nH]n1. The third kappa shape index (κ3) is 2.16. The number of H-pyrrole nitrogens is 1. The van der Waals surface area contributed by atoms with E-state index >= 15 is 0 Å². The fourth-order valence-corrected chi connectivity index (χ4v) is 2.20. The zero-order valence-corrected chi connectivity index (χ0v) is 10.8. The van der Waals surface area contributed by atoms with E-state index in [-0.39, 0.29) is 11.5 Å². The molecule has 0 aliphatic carbocycles. The topological polar surface area (TPSA) is 74.8 Å². The molecule has 0 saturated carbocycles. The van der Waals surface area contributed by atoms with Crippen LogP contribution >= 0.6 is 11.3 Å². The van der Waals surface area contributed by atoms with E-state index in [1.807, 2.05) is 0 Å². The van der Waals surface area contributed by atoms with E-state index in [9.17, 15) is 9.18 Å². The molecule has 20 heavy (non-hydrogen) atoms. The van der Waals surface area contributed by atoms with Crippen LogP contribution in [0.25, 0.3) is 0 Å². The van der Waals surface area contributed by atoms with Gasteiger partial charge in [-0.25, -0.2) is 14.3 Å². The van der Waals surface area contributed by atoms with Gasteiger partial charge in [-0.2, -0.15) is 4.98 Å². The average Bonchev–Trinajstić information content (AvgIpc) is 3.13. The molecule has 1 aromatic carbocycles. The maximum absolute atomic E-state index is 13.8. The molecule has 3 aromatic rings. The summed E-state index contributed by atoms with van der Waals surface area (Å²) < 4.78 is 13.8. The van der Waals surface area contributed by atoms with Crippen molar-refractivity contribution < 1.29 is 9.18 Å². The summed E-state index contributed by atoms with van der Waals surface area (Å²) in [6.07, 6.45) is 1.34. The van der Waals surface area contributed by atoms with Crippen molar-refractivity contribution in [3.63, 3.8) is 0 Å². The second-order valence-electron chi connectivity index (χ2n) is 3.77. The van der Waals surface area contributed by atoms with E-state index in [2.05, 4.69) is 20.2 Å². The number of carbonyl (C=O) groups excluding carboxylic acids is 1. The monoisotopic (exact) mass is 289 g/mol. The Morgan fingerprint density at radius 2 is 2.15 bits per heavy atom. The second kappa shape index (κ2) is 5.17. The highest BCUT2D eigenvalue weighted by atomic mass is 32.1. The standard InChI is InChI=1S/C12H8FN5OS/c13-9-4-2-1-3-8(9)11(19)18(10-5-20-7-15-10)12-14-6-16-17-12/h1-7H,(H,14,16,17). The molecular weight excluding hydrogens is 281 g/mol. The zero-order chi connectivity index (χ0) is 13.9. The molecule has 0 aliphatic rings. The molecule has 0 fully saturated rings. The summed E-state index contributed by atoms with van der Waals surface area (Å²) in [4.78, 5) is 21.7. The van der Waals surface area contributed by atoms with Crippen molar-refractivity contribution in [3.05, 3.63) is 52.9 Å². The van der Waals surface area contributed by atoms with Crippen LogP contribution in [-0.4, -0.2) is 26.1 Å². The van der Waals surface area contributed by atoms with E-state index in [1.165, 1.54) is 35.9 Å². The molecule has 0 saturated heterocycles. The lowest BCUT2D eigenvalue weighted by Crippen LogP contribution is -2.28. The van der Waals surface area contributed by atoms with Gasteiger partial charge >= 0.3 is 0 Å². The molecule has 8 heteroatoms. The Bertz CT molecular complexity index is 679. The molecule has 1 N–H and O–H groups in total. The molecule has 6 nitrogen and oxygen atoms in total. The van der Waals surface area contributed by atoms with E-state index in [0.717, 1.165) is 4.90 Å². The van der Waals surface area contributed by atoms with Crippen LogP contribution in [0, 0.1) is 5.82 Å². The molecule has 0 atom stereocenters. The minimum absolute atomic E-state index is 0.0645. The maximum Gasteiger partial charge on any atom is 0.269 e. The predicted molar refractivity (Wildman–Crippen MR) is 71.4 cm³/mol. The van der Waals surface area contributed by atoms with E-state index in [4.69, 9.17) is 0 Å². The fraction of sp³-hybridized carbons (Fsp3) is 0. The number of hydrogen-bond donors (Lipinski definition) is 1. The normalized spacial score (nSPS) is 10.4. The molecule has 2 heterocycles. The van der Waals surface area contributed by atoms with Crippen LogP contribution in [0.1, 0.15) is 10.4 Å². The number of rotatable bonds is 3. The number of aromatic amines is 1. The number of halogens is 1. The summed E-state index contributed by atoms with van der Waals surface area (Å²) in [5.74, 6) is -0.714. The van der Waals surface area contributed by atoms with Gasteiger partial charge in [0.1, 0.15) is 12.1 Å². The van der Waals surface area contributed by atoms with Crippen molar-refractivity contribution >= 4 is 29.0 Å². The summed E-state index contributed by atoms with van der Waals surface area (Å²) in [5.41, 5.74) is 1.51. The molecule has 0 spiro atoms. The maximum atomic E-state index is 13.8. The number of aromatic nitrogens is 4. The summed E-state index contributed by atoms with van der Waals surface area (Å²) in [7, 11) is 0. The van der Waals surface area contributed by atoms with Crippen LogP contribution in [0.3, 0.4) is 0 Å². The number of anilines is 2. The quantitative estimate of drug-likeness (QED) is 0.803. The number of carbonyl (C=O) groups is 1. The number of hydrogen-bond acceptors (Lipinski definition) is 5. The molecule has 0 unspecified atom stereocenters. The van der Waals surface area contributed by atoms with Crippen LogP contribution in [-0.2, 0) is 0 Å². The third-order valence-corrected chi connectivity index (χ3v) is 3.13. The number of nitrogens with zero attached hydrogens (tertiary/aromatic N) is 4. The van der Waals surface area contributed by atoms with E-state index in [0.29, 0.717) is 5.82 Å². The van der Waals surface area contributed by atoms with Crippen molar-refractivity contribution in [2.75, 3.05) is 4.90 Å². The van der Waals surface area contributed by atoms with Gasteiger partial charge in [0, 0.05) is 5.38 Å². The van der Waals surface area contributed by atoms with E-state index in [1.54, 1.807) is 17.0 Å². The molecule has 0 radical (unpaired) electrons. The van der Waals surface area contributed by atoms with Crippen LogP contribution in [0.2, 0.25) is 0 Å². The van der Waals surface area contributed by atoms with Crippen molar-refractivity contribution in [1.29, 1.82) is 0 Å². The second-order valence-corrected chi connectivity index (χ2v) is 4.48. The Hall–Kier alpha value is -2.61. The van der Waals surface area contributed by atoms with Crippen molar-refractivity contribution in [2.24, 2.45) is 0 Å². The van der Waals surface area contributed by atoms with Gasteiger partial charge in [-0.05, 0) is 12.1 Å². The fourth-order valence-electron chi connectivity index (χ4n) is 1.68. The van der Waals surface area contributed by atoms with E-state index < -0.39 is 11.7 Å². The molecule has 0 aliphatic heterocycles. The van der Waals surface area contributed by atoms with Gasteiger partial charge in [-0.1, -0.05) is 12.1 Å². The largest absolute Gasteiger partial charge is 0.269 e.